The Morgan fingerprint density at radius 2 is 1.93 bits per heavy atom. The molecule has 2 aliphatic rings. The smallest absolute Gasteiger partial charge is 0.166 e. The van der Waals surface area contributed by atoms with Crippen LogP contribution in [0.25, 0.3) is 0 Å². The molecule has 80 valence electrons. The molecule has 0 N–H and O–H groups in total. The number of hydrogen-bond acceptors (Lipinski definition) is 3. The standard InChI is InChI=1S/C10H16O3S/c1-2-3-11-8-14-6-9-10(7-14)13-5-4-12-9/h6-7,14H,2-5,8H2,1H3. The second-order valence-electron chi connectivity index (χ2n) is 3.24. The summed E-state index contributed by atoms with van der Waals surface area (Å²) in [5, 5.41) is 4.28. The Balaban J connectivity index is 1.85. The molecule has 0 unspecified atom stereocenters. The highest BCUT2D eigenvalue weighted by atomic mass is 32.2. The van der Waals surface area contributed by atoms with E-state index in [1.54, 1.807) is 0 Å². The van der Waals surface area contributed by atoms with Gasteiger partial charge in [-0.05, 0) is 6.42 Å². The van der Waals surface area contributed by atoms with E-state index in [0.717, 1.165) is 30.5 Å². The molecular weight excluding hydrogens is 200 g/mol. The second-order valence-corrected chi connectivity index (χ2v) is 5.04. The van der Waals surface area contributed by atoms with E-state index in [0.29, 0.717) is 13.2 Å². The third kappa shape index (κ3) is 2.25. The van der Waals surface area contributed by atoms with Gasteiger partial charge in [-0.2, -0.15) is 10.9 Å². The molecule has 0 atom stereocenters. The fraction of sp³-hybridized carbons (Fsp3) is 0.600. The lowest BCUT2D eigenvalue weighted by Gasteiger charge is -2.17. The van der Waals surface area contributed by atoms with Gasteiger partial charge in [0.25, 0.3) is 0 Å². The van der Waals surface area contributed by atoms with Crippen molar-refractivity contribution in [1.29, 1.82) is 0 Å². The molecule has 0 aliphatic carbocycles. The highest BCUT2D eigenvalue weighted by Gasteiger charge is 2.21. The quantitative estimate of drug-likeness (QED) is 0.576. The van der Waals surface area contributed by atoms with E-state index in [9.17, 15) is 0 Å². The van der Waals surface area contributed by atoms with E-state index in [4.69, 9.17) is 14.2 Å². The number of thiol groups is 1. The van der Waals surface area contributed by atoms with Gasteiger partial charge in [0.2, 0.25) is 0 Å². The molecule has 1 fully saturated rings. The molecule has 14 heavy (non-hydrogen) atoms. The maximum absolute atomic E-state index is 5.50. The Labute approximate surface area is 87.1 Å². The fourth-order valence-electron chi connectivity index (χ4n) is 1.37. The number of hydrogen-bond donors (Lipinski definition) is 1. The molecule has 0 spiro atoms. The summed E-state index contributed by atoms with van der Waals surface area (Å²) in [7, 11) is -0.303. The zero-order chi connectivity index (χ0) is 9.80. The molecule has 0 aromatic carbocycles. The van der Waals surface area contributed by atoms with Crippen molar-refractivity contribution in [3.63, 3.8) is 0 Å². The average molecular weight is 216 g/mol. The molecule has 0 saturated carbocycles. The average Bonchev–Trinajstić information content (AvgIpc) is 2.60. The SMILES string of the molecule is CCCOC[SH]1C=C2OCCOC2=C1. The first-order valence-electron chi connectivity index (χ1n) is 4.93. The van der Waals surface area contributed by atoms with Crippen molar-refractivity contribution in [3.05, 3.63) is 22.3 Å². The molecule has 0 aromatic heterocycles. The van der Waals surface area contributed by atoms with Gasteiger partial charge in [0.1, 0.15) is 13.2 Å². The van der Waals surface area contributed by atoms with E-state index in [1.165, 1.54) is 0 Å². The van der Waals surface area contributed by atoms with Gasteiger partial charge in [-0.1, -0.05) is 6.92 Å². The molecule has 0 aromatic rings. The number of rotatable bonds is 4. The molecule has 0 amide bonds. The summed E-state index contributed by atoms with van der Waals surface area (Å²) in [5.41, 5.74) is 0. The maximum atomic E-state index is 5.50. The van der Waals surface area contributed by atoms with E-state index < -0.39 is 0 Å². The maximum Gasteiger partial charge on any atom is 0.166 e. The first-order chi connectivity index (χ1) is 6.90. The third-order valence-electron chi connectivity index (χ3n) is 2.00. The minimum atomic E-state index is -0.303. The number of fused-ring (bicyclic) bond motifs is 1. The van der Waals surface area contributed by atoms with E-state index in [1.807, 2.05) is 0 Å². The summed E-state index contributed by atoms with van der Waals surface area (Å²) in [5.74, 6) is 2.63. The largest absolute Gasteiger partial charge is 0.486 e. The summed E-state index contributed by atoms with van der Waals surface area (Å²) in [6, 6.07) is 0. The van der Waals surface area contributed by atoms with Crippen LogP contribution in [0.5, 0.6) is 0 Å². The van der Waals surface area contributed by atoms with Gasteiger partial charge in [-0.3, -0.25) is 0 Å². The Bertz CT molecular complexity index is 238. The Morgan fingerprint density at radius 3 is 2.50 bits per heavy atom. The molecular formula is C10H16O3S. The molecule has 1 saturated heterocycles. The van der Waals surface area contributed by atoms with Crippen LogP contribution in [0, 0.1) is 0 Å². The lowest BCUT2D eigenvalue weighted by Crippen LogP contribution is -2.11. The third-order valence-corrected chi connectivity index (χ3v) is 3.61. The minimum absolute atomic E-state index is 0.303. The highest BCUT2D eigenvalue weighted by Crippen LogP contribution is 2.42. The van der Waals surface area contributed by atoms with E-state index in [2.05, 4.69) is 17.7 Å². The van der Waals surface area contributed by atoms with Crippen LogP contribution < -0.4 is 0 Å². The first-order valence-corrected chi connectivity index (χ1v) is 6.60. The normalized spacial score (nSPS) is 21.9. The highest BCUT2D eigenvalue weighted by molar-refractivity contribution is 8.22. The number of ether oxygens (including phenoxy) is 3. The predicted molar refractivity (Wildman–Crippen MR) is 58.2 cm³/mol. The van der Waals surface area contributed by atoms with E-state index in [-0.39, 0.29) is 10.9 Å². The second kappa shape index (κ2) is 4.75. The first kappa shape index (κ1) is 9.93. The van der Waals surface area contributed by atoms with Crippen LogP contribution in [0.3, 0.4) is 0 Å². The molecule has 2 rings (SSSR count). The minimum Gasteiger partial charge on any atom is -0.486 e. The van der Waals surface area contributed by atoms with Crippen molar-refractivity contribution in [1.82, 2.24) is 0 Å². The zero-order valence-corrected chi connectivity index (χ0v) is 9.26. The van der Waals surface area contributed by atoms with Crippen molar-refractivity contribution in [2.45, 2.75) is 13.3 Å². The van der Waals surface area contributed by atoms with Gasteiger partial charge < -0.3 is 14.2 Å². The summed E-state index contributed by atoms with van der Waals surface area (Å²) in [4.78, 5) is 0. The Morgan fingerprint density at radius 1 is 1.29 bits per heavy atom. The van der Waals surface area contributed by atoms with Crippen molar-refractivity contribution >= 4 is 10.9 Å². The van der Waals surface area contributed by atoms with Gasteiger partial charge in [0.05, 0.1) is 5.94 Å². The Kier molecular flexibility index (Phi) is 3.37. The Hall–Kier alpha value is -0.610. The van der Waals surface area contributed by atoms with Gasteiger partial charge in [-0.15, -0.1) is 0 Å². The topological polar surface area (TPSA) is 27.7 Å². The fourth-order valence-corrected chi connectivity index (χ4v) is 2.94. The summed E-state index contributed by atoms with van der Waals surface area (Å²) in [6.45, 7) is 4.29. The summed E-state index contributed by atoms with van der Waals surface area (Å²) in [6.07, 6.45) is 1.07. The molecule has 0 bridgehead atoms. The molecule has 2 heterocycles. The predicted octanol–water partition coefficient (Wildman–Crippen LogP) is 2.11. The van der Waals surface area contributed by atoms with E-state index >= 15 is 0 Å². The van der Waals surface area contributed by atoms with Gasteiger partial charge in [0.15, 0.2) is 11.5 Å². The van der Waals surface area contributed by atoms with Crippen LogP contribution in [0.1, 0.15) is 13.3 Å². The van der Waals surface area contributed by atoms with Crippen LogP contribution >= 0.6 is 10.9 Å². The van der Waals surface area contributed by atoms with Crippen molar-refractivity contribution in [2.75, 3.05) is 25.8 Å². The van der Waals surface area contributed by atoms with Crippen molar-refractivity contribution in [3.8, 4) is 0 Å². The molecule has 0 radical (unpaired) electrons. The monoisotopic (exact) mass is 216 g/mol. The van der Waals surface area contributed by atoms with Crippen LogP contribution in [0.4, 0.5) is 0 Å². The lowest BCUT2D eigenvalue weighted by molar-refractivity contribution is 0.0614. The van der Waals surface area contributed by atoms with Gasteiger partial charge >= 0.3 is 0 Å². The zero-order valence-electron chi connectivity index (χ0n) is 8.36. The van der Waals surface area contributed by atoms with Gasteiger partial charge in [-0.25, -0.2) is 0 Å². The van der Waals surface area contributed by atoms with Crippen LogP contribution in [0.15, 0.2) is 22.3 Å². The molecule has 3 nitrogen and oxygen atoms in total. The van der Waals surface area contributed by atoms with Crippen molar-refractivity contribution in [2.24, 2.45) is 0 Å². The summed E-state index contributed by atoms with van der Waals surface area (Å²) < 4.78 is 16.4. The molecule has 2 aliphatic heterocycles. The van der Waals surface area contributed by atoms with Crippen molar-refractivity contribution < 1.29 is 14.2 Å². The summed E-state index contributed by atoms with van der Waals surface area (Å²) >= 11 is 0. The van der Waals surface area contributed by atoms with Crippen LogP contribution in [0.2, 0.25) is 0 Å². The molecule has 4 heteroatoms. The van der Waals surface area contributed by atoms with Crippen LogP contribution in [-0.4, -0.2) is 25.8 Å². The van der Waals surface area contributed by atoms with Crippen LogP contribution in [-0.2, 0) is 14.2 Å². The van der Waals surface area contributed by atoms with Gasteiger partial charge in [0, 0.05) is 17.4 Å². The lowest BCUT2D eigenvalue weighted by atomic mass is 10.4.